The average Bonchev–Trinajstić information content (AvgIpc) is 2.64. The van der Waals surface area contributed by atoms with Gasteiger partial charge in [0.05, 0.1) is 4.92 Å². The highest BCUT2D eigenvalue weighted by Crippen LogP contribution is 2.14. The summed E-state index contributed by atoms with van der Waals surface area (Å²) in [5.74, 6) is 0. The van der Waals surface area contributed by atoms with Crippen LogP contribution in [0.3, 0.4) is 0 Å². The quantitative estimate of drug-likeness (QED) is 0.337. The number of piperidine rings is 1. The third-order valence-corrected chi connectivity index (χ3v) is 5.15. The summed E-state index contributed by atoms with van der Waals surface area (Å²) in [4.78, 5) is 15.4. The molecule has 0 aromatic heterocycles. The van der Waals surface area contributed by atoms with E-state index in [2.05, 4.69) is 16.7 Å². The van der Waals surface area contributed by atoms with Crippen molar-refractivity contribution >= 4 is 5.69 Å². The molecule has 1 saturated heterocycles. The number of hydrogen-bond donors (Lipinski definition) is 0. The van der Waals surface area contributed by atoms with Crippen LogP contribution in [0.1, 0.15) is 57.4 Å². The van der Waals surface area contributed by atoms with E-state index in [1.807, 2.05) is 12.1 Å². The first kappa shape index (κ1) is 19.9. The molecule has 0 aliphatic carbocycles. The molecule has 140 valence electrons. The maximum atomic E-state index is 10.7. The van der Waals surface area contributed by atoms with E-state index >= 15 is 0 Å². The van der Waals surface area contributed by atoms with Crippen molar-refractivity contribution in [2.75, 3.05) is 32.7 Å². The van der Waals surface area contributed by atoms with Crippen molar-refractivity contribution in [3.63, 3.8) is 0 Å². The SMILES string of the molecule is CCN(CCCCCCN1CCCCC1)Cc1ccc([N+](=O)[O-])cc1. The standard InChI is InChI=1S/C20H33N3O2/c1-2-21(18-19-10-12-20(13-11-19)23(24)25)14-6-3-4-7-15-22-16-8-5-9-17-22/h10-13H,2-9,14-18H2,1H3. The normalized spacial score (nSPS) is 15.6. The Morgan fingerprint density at radius 2 is 1.72 bits per heavy atom. The van der Waals surface area contributed by atoms with E-state index in [-0.39, 0.29) is 10.6 Å². The van der Waals surface area contributed by atoms with Crippen molar-refractivity contribution in [1.29, 1.82) is 0 Å². The van der Waals surface area contributed by atoms with Gasteiger partial charge in [-0.1, -0.05) is 38.3 Å². The van der Waals surface area contributed by atoms with Gasteiger partial charge in [-0.05, 0) is 64.0 Å². The minimum Gasteiger partial charge on any atom is -0.303 e. The maximum Gasteiger partial charge on any atom is 0.269 e. The molecule has 0 N–H and O–H groups in total. The number of hydrogen-bond acceptors (Lipinski definition) is 4. The minimum absolute atomic E-state index is 0.167. The van der Waals surface area contributed by atoms with Crippen molar-refractivity contribution in [3.05, 3.63) is 39.9 Å². The van der Waals surface area contributed by atoms with E-state index in [1.165, 1.54) is 64.6 Å². The van der Waals surface area contributed by atoms with E-state index < -0.39 is 0 Å². The second-order valence-electron chi connectivity index (χ2n) is 7.11. The highest BCUT2D eigenvalue weighted by molar-refractivity contribution is 5.32. The lowest BCUT2D eigenvalue weighted by atomic mass is 10.1. The first-order valence-electron chi connectivity index (χ1n) is 9.87. The summed E-state index contributed by atoms with van der Waals surface area (Å²) in [6.45, 7) is 9.07. The van der Waals surface area contributed by atoms with Crippen molar-refractivity contribution in [2.24, 2.45) is 0 Å². The summed E-state index contributed by atoms with van der Waals surface area (Å²) in [7, 11) is 0. The van der Waals surface area contributed by atoms with Gasteiger partial charge in [0.25, 0.3) is 5.69 Å². The molecule has 1 aliphatic rings. The molecule has 1 heterocycles. The molecule has 0 bridgehead atoms. The molecule has 1 aromatic carbocycles. The number of non-ortho nitro benzene ring substituents is 1. The van der Waals surface area contributed by atoms with Crippen molar-refractivity contribution in [3.8, 4) is 0 Å². The smallest absolute Gasteiger partial charge is 0.269 e. The Labute approximate surface area is 152 Å². The number of unbranched alkanes of at least 4 members (excludes halogenated alkanes) is 3. The monoisotopic (exact) mass is 347 g/mol. The Balaban J connectivity index is 1.58. The lowest BCUT2D eigenvalue weighted by molar-refractivity contribution is -0.384. The summed E-state index contributed by atoms with van der Waals surface area (Å²) in [6, 6.07) is 6.95. The molecule has 5 heteroatoms. The van der Waals surface area contributed by atoms with Crippen molar-refractivity contribution in [2.45, 2.75) is 58.4 Å². The number of nitrogens with zero attached hydrogens (tertiary/aromatic N) is 3. The Kier molecular flexibility index (Phi) is 8.91. The summed E-state index contributed by atoms with van der Waals surface area (Å²) in [5.41, 5.74) is 1.32. The first-order chi connectivity index (χ1) is 12.2. The van der Waals surface area contributed by atoms with Crippen LogP contribution in [0.15, 0.2) is 24.3 Å². The van der Waals surface area contributed by atoms with Gasteiger partial charge in [0.2, 0.25) is 0 Å². The van der Waals surface area contributed by atoms with Crippen LogP contribution in [0.5, 0.6) is 0 Å². The first-order valence-corrected chi connectivity index (χ1v) is 9.87. The predicted octanol–water partition coefficient (Wildman–Crippen LogP) is 4.46. The number of nitro benzene ring substituents is 1. The molecule has 0 spiro atoms. The summed E-state index contributed by atoms with van der Waals surface area (Å²) >= 11 is 0. The molecule has 1 aromatic rings. The fourth-order valence-corrected chi connectivity index (χ4v) is 3.54. The molecule has 0 radical (unpaired) electrons. The van der Waals surface area contributed by atoms with Gasteiger partial charge in [0, 0.05) is 18.7 Å². The van der Waals surface area contributed by atoms with Gasteiger partial charge in [-0.15, -0.1) is 0 Å². The lowest BCUT2D eigenvalue weighted by Crippen LogP contribution is -2.30. The van der Waals surface area contributed by atoms with Crippen LogP contribution >= 0.6 is 0 Å². The van der Waals surface area contributed by atoms with Crippen molar-refractivity contribution in [1.82, 2.24) is 9.80 Å². The van der Waals surface area contributed by atoms with Crippen LogP contribution in [0.2, 0.25) is 0 Å². The molecule has 0 saturated carbocycles. The molecule has 5 nitrogen and oxygen atoms in total. The van der Waals surface area contributed by atoms with Gasteiger partial charge in [0.15, 0.2) is 0 Å². The number of rotatable bonds is 11. The largest absolute Gasteiger partial charge is 0.303 e. The Bertz CT molecular complexity index is 498. The minimum atomic E-state index is -0.342. The Morgan fingerprint density at radius 3 is 2.36 bits per heavy atom. The molecule has 0 amide bonds. The van der Waals surface area contributed by atoms with Crippen LogP contribution in [0.25, 0.3) is 0 Å². The van der Waals surface area contributed by atoms with E-state index in [4.69, 9.17) is 0 Å². The number of nitro groups is 1. The summed E-state index contributed by atoms with van der Waals surface area (Å²) in [5, 5.41) is 10.7. The molecule has 1 aliphatic heterocycles. The fourth-order valence-electron chi connectivity index (χ4n) is 3.54. The zero-order valence-electron chi connectivity index (χ0n) is 15.7. The van der Waals surface area contributed by atoms with E-state index in [0.29, 0.717) is 0 Å². The average molecular weight is 348 g/mol. The molecule has 0 atom stereocenters. The maximum absolute atomic E-state index is 10.7. The van der Waals surface area contributed by atoms with E-state index in [0.717, 1.165) is 25.2 Å². The van der Waals surface area contributed by atoms with Gasteiger partial charge in [0.1, 0.15) is 0 Å². The zero-order valence-corrected chi connectivity index (χ0v) is 15.7. The van der Waals surface area contributed by atoms with Crippen LogP contribution in [-0.4, -0.2) is 47.4 Å². The van der Waals surface area contributed by atoms with Crippen LogP contribution in [0, 0.1) is 10.1 Å². The van der Waals surface area contributed by atoms with E-state index in [1.54, 1.807) is 12.1 Å². The second kappa shape index (κ2) is 11.2. The second-order valence-corrected chi connectivity index (χ2v) is 7.11. The molecule has 0 unspecified atom stereocenters. The third kappa shape index (κ3) is 7.53. The number of benzene rings is 1. The highest BCUT2D eigenvalue weighted by atomic mass is 16.6. The van der Waals surface area contributed by atoms with Gasteiger partial charge in [-0.2, -0.15) is 0 Å². The zero-order chi connectivity index (χ0) is 17.9. The van der Waals surface area contributed by atoms with Gasteiger partial charge < -0.3 is 4.90 Å². The third-order valence-electron chi connectivity index (χ3n) is 5.15. The summed E-state index contributed by atoms with van der Waals surface area (Å²) < 4.78 is 0. The molecule has 25 heavy (non-hydrogen) atoms. The van der Waals surface area contributed by atoms with E-state index in [9.17, 15) is 10.1 Å². The van der Waals surface area contributed by atoms with Gasteiger partial charge in [-0.3, -0.25) is 15.0 Å². The molecular weight excluding hydrogens is 314 g/mol. The van der Waals surface area contributed by atoms with Crippen molar-refractivity contribution < 1.29 is 4.92 Å². The molecule has 1 fully saturated rings. The Morgan fingerprint density at radius 1 is 1.04 bits per heavy atom. The molecule has 2 rings (SSSR count). The Hall–Kier alpha value is -1.46. The lowest BCUT2D eigenvalue weighted by Gasteiger charge is -2.26. The van der Waals surface area contributed by atoms with Gasteiger partial charge >= 0.3 is 0 Å². The van der Waals surface area contributed by atoms with Crippen LogP contribution < -0.4 is 0 Å². The summed E-state index contributed by atoms with van der Waals surface area (Å²) in [6.07, 6.45) is 9.37. The predicted molar refractivity (Wildman–Crippen MR) is 103 cm³/mol. The van der Waals surface area contributed by atoms with Crippen LogP contribution in [-0.2, 0) is 6.54 Å². The topological polar surface area (TPSA) is 49.6 Å². The molecular formula is C20H33N3O2. The fraction of sp³-hybridized carbons (Fsp3) is 0.700. The van der Waals surface area contributed by atoms with Gasteiger partial charge in [-0.25, -0.2) is 0 Å². The van der Waals surface area contributed by atoms with Crippen LogP contribution in [0.4, 0.5) is 5.69 Å². The number of likely N-dealkylation sites (tertiary alicyclic amines) is 1. The highest BCUT2D eigenvalue weighted by Gasteiger charge is 2.09.